The molecule has 0 aliphatic carbocycles. The molecule has 1 N–H and O–H groups in total. The van der Waals surface area contributed by atoms with Gasteiger partial charge in [0, 0.05) is 36.3 Å². The van der Waals surface area contributed by atoms with Gasteiger partial charge in [-0.2, -0.15) is 0 Å². The maximum atomic E-state index is 10.5. The summed E-state index contributed by atoms with van der Waals surface area (Å²) < 4.78 is 0. The lowest BCUT2D eigenvalue weighted by molar-refractivity contribution is 0.148. The summed E-state index contributed by atoms with van der Waals surface area (Å²) >= 11 is 0. The van der Waals surface area contributed by atoms with Gasteiger partial charge < -0.3 is 10.0 Å². The van der Waals surface area contributed by atoms with Gasteiger partial charge in [-0.15, -0.1) is 0 Å². The second-order valence-electron chi connectivity index (χ2n) is 6.56. The number of para-hydroxylation sites is 1. The summed E-state index contributed by atoms with van der Waals surface area (Å²) in [6, 6.07) is 16.3. The van der Waals surface area contributed by atoms with E-state index in [1.807, 2.05) is 49.5 Å². The number of fused-ring (bicyclic) bond motifs is 1. The van der Waals surface area contributed by atoms with Crippen LogP contribution in [0.5, 0.6) is 0 Å². The Hall–Kier alpha value is -2.46. The fourth-order valence-electron chi connectivity index (χ4n) is 3.56. The number of pyridine rings is 2. The molecule has 4 heteroatoms. The second-order valence-corrected chi connectivity index (χ2v) is 6.56. The summed E-state index contributed by atoms with van der Waals surface area (Å²) in [7, 11) is 0. The Labute approximate surface area is 141 Å². The first-order valence-corrected chi connectivity index (χ1v) is 8.40. The molecule has 0 spiro atoms. The first kappa shape index (κ1) is 15.1. The molecule has 1 saturated heterocycles. The molecule has 1 fully saturated rings. The van der Waals surface area contributed by atoms with Crippen molar-refractivity contribution in [1.29, 1.82) is 0 Å². The molecule has 1 aliphatic rings. The van der Waals surface area contributed by atoms with Crippen LogP contribution in [0.4, 0.5) is 5.82 Å². The van der Waals surface area contributed by atoms with Crippen molar-refractivity contribution in [3.63, 3.8) is 0 Å². The van der Waals surface area contributed by atoms with Crippen LogP contribution in [0.3, 0.4) is 0 Å². The second kappa shape index (κ2) is 6.21. The van der Waals surface area contributed by atoms with Gasteiger partial charge in [-0.1, -0.05) is 24.3 Å². The molecule has 24 heavy (non-hydrogen) atoms. The maximum Gasteiger partial charge on any atom is 0.128 e. The minimum atomic E-state index is -0.334. The number of anilines is 1. The monoisotopic (exact) mass is 319 g/mol. The van der Waals surface area contributed by atoms with E-state index < -0.39 is 0 Å². The topological polar surface area (TPSA) is 49.2 Å². The number of aliphatic hydroxyl groups is 1. The zero-order valence-corrected chi connectivity index (χ0v) is 13.8. The van der Waals surface area contributed by atoms with Crippen LogP contribution < -0.4 is 4.90 Å². The number of rotatable bonds is 3. The van der Waals surface area contributed by atoms with Crippen molar-refractivity contribution >= 4 is 16.7 Å². The molecule has 1 aliphatic heterocycles. The summed E-state index contributed by atoms with van der Waals surface area (Å²) in [5.41, 5.74) is 3.27. The molecule has 0 radical (unpaired) electrons. The van der Waals surface area contributed by atoms with Gasteiger partial charge in [0.25, 0.3) is 0 Å². The summed E-state index contributed by atoms with van der Waals surface area (Å²) in [5.74, 6) is 1.16. The predicted molar refractivity (Wildman–Crippen MR) is 96.1 cm³/mol. The molecule has 1 aromatic carbocycles. The largest absolute Gasteiger partial charge is 0.391 e. The Morgan fingerprint density at radius 3 is 2.83 bits per heavy atom. The van der Waals surface area contributed by atoms with E-state index in [2.05, 4.69) is 27.0 Å². The highest BCUT2D eigenvalue weighted by Gasteiger charge is 2.32. The highest BCUT2D eigenvalue weighted by Crippen LogP contribution is 2.27. The number of aromatic nitrogens is 2. The summed E-state index contributed by atoms with van der Waals surface area (Å²) in [5, 5.41) is 11.7. The van der Waals surface area contributed by atoms with E-state index in [9.17, 15) is 5.11 Å². The quantitative estimate of drug-likeness (QED) is 0.806. The Balaban J connectivity index is 1.57. The van der Waals surface area contributed by atoms with Crippen LogP contribution in [0, 0.1) is 12.8 Å². The Bertz CT molecular complexity index is 859. The van der Waals surface area contributed by atoms with Gasteiger partial charge in [0.1, 0.15) is 5.82 Å². The van der Waals surface area contributed by atoms with Crippen LogP contribution in [0.15, 0.2) is 54.7 Å². The smallest absolute Gasteiger partial charge is 0.128 e. The van der Waals surface area contributed by atoms with Gasteiger partial charge in [-0.05, 0) is 43.2 Å². The number of hydrogen-bond donors (Lipinski definition) is 1. The third-order valence-corrected chi connectivity index (χ3v) is 4.83. The SMILES string of the molecule is Cc1cccc(N2C[C@@H](Cc3ccnc4ccccc34)[C@@H](O)C2)n1. The highest BCUT2D eigenvalue weighted by molar-refractivity contribution is 5.81. The number of aryl methyl sites for hydroxylation is 1. The van der Waals surface area contributed by atoms with Gasteiger partial charge >= 0.3 is 0 Å². The number of hydrogen-bond acceptors (Lipinski definition) is 4. The van der Waals surface area contributed by atoms with Gasteiger partial charge in [-0.25, -0.2) is 4.98 Å². The lowest BCUT2D eigenvalue weighted by Gasteiger charge is -2.17. The van der Waals surface area contributed by atoms with Crippen LogP contribution in [0.2, 0.25) is 0 Å². The molecule has 0 unspecified atom stereocenters. The average molecular weight is 319 g/mol. The summed E-state index contributed by atoms with van der Waals surface area (Å²) in [6.07, 6.45) is 2.38. The maximum absolute atomic E-state index is 10.5. The van der Waals surface area contributed by atoms with E-state index in [4.69, 9.17) is 0 Å². The predicted octanol–water partition coefficient (Wildman–Crippen LogP) is 2.98. The molecule has 2 aromatic heterocycles. The Morgan fingerprint density at radius 1 is 1.08 bits per heavy atom. The normalized spacial score (nSPS) is 20.7. The Morgan fingerprint density at radius 2 is 1.96 bits per heavy atom. The van der Waals surface area contributed by atoms with Crippen molar-refractivity contribution in [3.8, 4) is 0 Å². The van der Waals surface area contributed by atoms with Crippen molar-refractivity contribution < 1.29 is 5.11 Å². The van der Waals surface area contributed by atoms with Crippen LogP contribution in [0.25, 0.3) is 10.9 Å². The van der Waals surface area contributed by atoms with Gasteiger partial charge in [0.15, 0.2) is 0 Å². The van der Waals surface area contributed by atoms with Gasteiger partial charge in [-0.3, -0.25) is 4.98 Å². The highest BCUT2D eigenvalue weighted by atomic mass is 16.3. The first-order chi connectivity index (χ1) is 11.7. The molecular weight excluding hydrogens is 298 g/mol. The fourth-order valence-corrected chi connectivity index (χ4v) is 3.56. The third kappa shape index (κ3) is 2.85. The molecule has 0 bridgehead atoms. The zero-order chi connectivity index (χ0) is 16.5. The van der Waals surface area contributed by atoms with Crippen molar-refractivity contribution in [2.24, 2.45) is 5.92 Å². The minimum absolute atomic E-state index is 0.207. The zero-order valence-electron chi connectivity index (χ0n) is 13.8. The number of aliphatic hydroxyl groups excluding tert-OH is 1. The summed E-state index contributed by atoms with van der Waals surface area (Å²) in [4.78, 5) is 11.2. The lowest BCUT2D eigenvalue weighted by atomic mass is 9.94. The molecule has 2 atom stereocenters. The van der Waals surface area contributed by atoms with Gasteiger partial charge in [0.2, 0.25) is 0 Å². The molecule has 4 nitrogen and oxygen atoms in total. The van der Waals surface area contributed by atoms with Crippen molar-refractivity contribution in [2.75, 3.05) is 18.0 Å². The van der Waals surface area contributed by atoms with Crippen molar-refractivity contribution in [2.45, 2.75) is 19.4 Å². The molecule has 4 rings (SSSR count). The first-order valence-electron chi connectivity index (χ1n) is 8.40. The van der Waals surface area contributed by atoms with Crippen LogP contribution in [-0.2, 0) is 6.42 Å². The molecule has 0 amide bonds. The van der Waals surface area contributed by atoms with Crippen LogP contribution in [-0.4, -0.2) is 34.3 Å². The van der Waals surface area contributed by atoms with E-state index in [0.717, 1.165) is 30.0 Å². The van der Waals surface area contributed by atoms with E-state index in [1.165, 1.54) is 10.9 Å². The number of nitrogens with zero attached hydrogens (tertiary/aromatic N) is 3. The molecule has 3 aromatic rings. The van der Waals surface area contributed by atoms with Gasteiger partial charge in [0.05, 0.1) is 11.6 Å². The average Bonchev–Trinajstić information content (AvgIpc) is 2.96. The molecule has 122 valence electrons. The molecule has 3 heterocycles. The van der Waals surface area contributed by atoms with E-state index in [1.54, 1.807) is 0 Å². The molecule has 0 saturated carbocycles. The van der Waals surface area contributed by atoms with Crippen LogP contribution >= 0.6 is 0 Å². The van der Waals surface area contributed by atoms with Crippen LogP contribution in [0.1, 0.15) is 11.3 Å². The lowest BCUT2D eigenvalue weighted by Crippen LogP contribution is -2.22. The number of β-amino-alcohol motifs (C(OH)–C–C–N with tert-alkyl or cyclic N) is 1. The standard InChI is InChI=1S/C20H21N3O/c1-14-5-4-8-20(22-14)23-12-16(19(24)13-23)11-15-9-10-21-18-7-3-2-6-17(15)18/h2-10,16,19,24H,11-13H2,1H3/t16-,19+/m1/s1. The third-order valence-electron chi connectivity index (χ3n) is 4.83. The number of benzene rings is 1. The fraction of sp³-hybridized carbons (Fsp3) is 0.300. The minimum Gasteiger partial charge on any atom is -0.391 e. The molecular formula is C20H21N3O. The van der Waals surface area contributed by atoms with E-state index in [-0.39, 0.29) is 12.0 Å². The Kier molecular flexibility index (Phi) is 3.90. The van der Waals surface area contributed by atoms with Crippen molar-refractivity contribution in [1.82, 2.24) is 9.97 Å². The van der Waals surface area contributed by atoms with E-state index >= 15 is 0 Å². The van der Waals surface area contributed by atoms with E-state index in [0.29, 0.717) is 6.54 Å². The summed E-state index contributed by atoms with van der Waals surface area (Å²) in [6.45, 7) is 3.47. The van der Waals surface area contributed by atoms with Crippen molar-refractivity contribution in [3.05, 3.63) is 66.0 Å².